The summed E-state index contributed by atoms with van der Waals surface area (Å²) >= 11 is 8.19. The van der Waals surface area contributed by atoms with Crippen molar-refractivity contribution >= 4 is 35.0 Å². The molecule has 1 amide bonds. The van der Waals surface area contributed by atoms with Gasteiger partial charge in [0, 0.05) is 23.9 Å². The molecule has 0 atom stereocenters. The SMILES string of the molecule is CCCN(C(=O)CC1(SC)CCC1)c1cn(-c2cccnc2)nc1Cl. The molecule has 0 saturated heterocycles. The lowest BCUT2D eigenvalue weighted by Gasteiger charge is -2.41. The summed E-state index contributed by atoms with van der Waals surface area (Å²) in [6.45, 7) is 2.70. The molecule has 25 heavy (non-hydrogen) atoms. The fourth-order valence-corrected chi connectivity index (χ4v) is 4.34. The van der Waals surface area contributed by atoms with E-state index in [0.29, 0.717) is 23.8 Å². The van der Waals surface area contributed by atoms with Gasteiger partial charge in [0.1, 0.15) is 5.69 Å². The quantitative estimate of drug-likeness (QED) is 0.719. The number of thioether (sulfide) groups is 1. The molecule has 1 saturated carbocycles. The van der Waals surface area contributed by atoms with E-state index in [0.717, 1.165) is 24.9 Å². The third-order valence-electron chi connectivity index (χ3n) is 4.77. The van der Waals surface area contributed by atoms with Crippen LogP contribution < -0.4 is 4.90 Å². The summed E-state index contributed by atoms with van der Waals surface area (Å²) in [5, 5.41) is 4.71. The Morgan fingerprint density at radius 3 is 2.84 bits per heavy atom. The molecule has 3 rings (SSSR count). The lowest BCUT2D eigenvalue weighted by Crippen LogP contribution is -2.42. The van der Waals surface area contributed by atoms with Crippen molar-refractivity contribution in [3.63, 3.8) is 0 Å². The van der Waals surface area contributed by atoms with Gasteiger partial charge in [-0.1, -0.05) is 24.9 Å². The van der Waals surface area contributed by atoms with E-state index < -0.39 is 0 Å². The van der Waals surface area contributed by atoms with Crippen molar-refractivity contribution in [3.8, 4) is 5.69 Å². The highest BCUT2D eigenvalue weighted by atomic mass is 35.5. The first-order chi connectivity index (χ1) is 12.1. The zero-order chi connectivity index (χ0) is 17.9. The highest BCUT2D eigenvalue weighted by molar-refractivity contribution is 8.00. The number of amides is 1. The van der Waals surface area contributed by atoms with E-state index in [9.17, 15) is 4.79 Å². The first-order valence-corrected chi connectivity index (χ1v) is 10.2. The van der Waals surface area contributed by atoms with Crippen molar-refractivity contribution < 1.29 is 4.79 Å². The van der Waals surface area contributed by atoms with Crippen LogP contribution >= 0.6 is 23.4 Å². The second-order valence-electron chi connectivity index (χ2n) is 6.42. The van der Waals surface area contributed by atoms with E-state index in [1.807, 2.05) is 30.1 Å². The number of hydrogen-bond acceptors (Lipinski definition) is 4. The third kappa shape index (κ3) is 3.85. The number of hydrogen-bond donors (Lipinski definition) is 0. The van der Waals surface area contributed by atoms with Crippen LogP contribution in [-0.4, -0.2) is 38.2 Å². The van der Waals surface area contributed by atoms with E-state index >= 15 is 0 Å². The summed E-state index contributed by atoms with van der Waals surface area (Å²) in [6, 6.07) is 3.75. The number of halogens is 1. The van der Waals surface area contributed by atoms with Crippen LogP contribution in [0, 0.1) is 0 Å². The van der Waals surface area contributed by atoms with Crippen molar-refractivity contribution in [1.29, 1.82) is 0 Å². The zero-order valence-corrected chi connectivity index (χ0v) is 16.2. The summed E-state index contributed by atoms with van der Waals surface area (Å²) < 4.78 is 1.78. The molecule has 0 N–H and O–H groups in total. The van der Waals surface area contributed by atoms with Gasteiger partial charge in [-0.15, -0.1) is 0 Å². The second-order valence-corrected chi connectivity index (χ2v) is 8.06. The predicted molar refractivity (Wildman–Crippen MR) is 104 cm³/mol. The van der Waals surface area contributed by atoms with Crippen LogP contribution in [0.3, 0.4) is 0 Å². The summed E-state index contributed by atoms with van der Waals surface area (Å²) in [7, 11) is 0. The predicted octanol–water partition coefficient (Wildman–Crippen LogP) is 4.34. The van der Waals surface area contributed by atoms with Crippen LogP contribution in [-0.2, 0) is 4.79 Å². The van der Waals surface area contributed by atoms with Gasteiger partial charge in [0.05, 0.1) is 18.1 Å². The Morgan fingerprint density at radius 1 is 1.48 bits per heavy atom. The highest BCUT2D eigenvalue weighted by Crippen LogP contribution is 2.46. The minimum Gasteiger partial charge on any atom is -0.308 e. The number of pyridine rings is 1. The van der Waals surface area contributed by atoms with Crippen LogP contribution in [0.5, 0.6) is 0 Å². The van der Waals surface area contributed by atoms with Crippen LogP contribution in [0.15, 0.2) is 30.7 Å². The number of anilines is 1. The first kappa shape index (κ1) is 18.3. The van der Waals surface area contributed by atoms with Crippen molar-refractivity contribution in [2.24, 2.45) is 0 Å². The Hall–Kier alpha value is -1.53. The zero-order valence-electron chi connectivity index (χ0n) is 14.6. The molecule has 7 heteroatoms. The molecule has 134 valence electrons. The maximum Gasteiger partial charge on any atom is 0.228 e. The van der Waals surface area contributed by atoms with Crippen LogP contribution in [0.1, 0.15) is 39.0 Å². The number of carbonyl (C=O) groups excluding carboxylic acids is 1. The van der Waals surface area contributed by atoms with Gasteiger partial charge in [0.2, 0.25) is 5.91 Å². The highest BCUT2D eigenvalue weighted by Gasteiger charge is 2.39. The fraction of sp³-hybridized carbons (Fsp3) is 0.500. The molecule has 1 aliphatic carbocycles. The van der Waals surface area contributed by atoms with Gasteiger partial charge in [0.15, 0.2) is 5.15 Å². The Morgan fingerprint density at radius 2 is 2.28 bits per heavy atom. The van der Waals surface area contributed by atoms with Gasteiger partial charge in [-0.3, -0.25) is 9.78 Å². The first-order valence-electron chi connectivity index (χ1n) is 8.59. The van der Waals surface area contributed by atoms with Gasteiger partial charge in [-0.05, 0) is 37.7 Å². The van der Waals surface area contributed by atoms with Crippen LogP contribution in [0.25, 0.3) is 5.69 Å². The summed E-state index contributed by atoms with van der Waals surface area (Å²) in [4.78, 5) is 18.9. The molecule has 2 aromatic rings. The number of nitrogens with zero attached hydrogens (tertiary/aromatic N) is 4. The molecule has 2 aromatic heterocycles. The normalized spacial score (nSPS) is 15.6. The molecule has 5 nitrogen and oxygen atoms in total. The monoisotopic (exact) mass is 378 g/mol. The molecule has 0 radical (unpaired) electrons. The number of carbonyl (C=O) groups is 1. The van der Waals surface area contributed by atoms with Gasteiger partial charge >= 0.3 is 0 Å². The van der Waals surface area contributed by atoms with Crippen LogP contribution in [0.4, 0.5) is 5.69 Å². The van der Waals surface area contributed by atoms with Gasteiger partial charge in [-0.25, -0.2) is 4.68 Å². The largest absolute Gasteiger partial charge is 0.308 e. The maximum atomic E-state index is 13.0. The Labute approximate surface area is 157 Å². The van der Waals surface area contributed by atoms with Gasteiger partial charge in [0.25, 0.3) is 0 Å². The van der Waals surface area contributed by atoms with E-state index in [1.54, 1.807) is 22.0 Å². The lowest BCUT2D eigenvalue weighted by atomic mass is 9.81. The smallest absolute Gasteiger partial charge is 0.228 e. The standard InChI is InChI=1S/C18H23ClN4OS/c1-3-10-22(16(24)11-18(25-2)7-5-8-18)15-13-23(21-17(15)19)14-6-4-9-20-12-14/h4,6,9,12-13H,3,5,7-8,10-11H2,1-2H3. The second kappa shape index (κ2) is 7.79. The average Bonchev–Trinajstić information content (AvgIpc) is 2.98. The van der Waals surface area contributed by atoms with E-state index in [1.165, 1.54) is 6.42 Å². The molecule has 0 bridgehead atoms. The van der Waals surface area contributed by atoms with E-state index in [4.69, 9.17) is 11.6 Å². The van der Waals surface area contributed by atoms with Crippen LogP contribution in [0.2, 0.25) is 5.15 Å². The molecular weight excluding hydrogens is 356 g/mol. The average molecular weight is 379 g/mol. The molecule has 1 fully saturated rings. The Kier molecular flexibility index (Phi) is 5.69. The minimum absolute atomic E-state index is 0.106. The molecule has 1 aliphatic rings. The van der Waals surface area contributed by atoms with Crippen molar-refractivity contribution in [1.82, 2.24) is 14.8 Å². The Balaban J connectivity index is 1.85. The van der Waals surface area contributed by atoms with Crippen molar-refractivity contribution in [2.45, 2.75) is 43.8 Å². The molecule has 0 aromatic carbocycles. The van der Waals surface area contributed by atoms with Gasteiger partial charge < -0.3 is 4.90 Å². The van der Waals surface area contributed by atoms with Gasteiger partial charge in [-0.2, -0.15) is 16.9 Å². The molecule has 0 spiro atoms. The summed E-state index contributed by atoms with van der Waals surface area (Å²) in [6.07, 6.45) is 12.2. The van der Waals surface area contributed by atoms with E-state index in [2.05, 4.69) is 23.3 Å². The maximum absolute atomic E-state index is 13.0. The lowest BCUT2D eigenvalue weighted by molar-refractivity contribution is -0.119. The Bertz CT molecular complexity index is 724. The molecule has 0 aliphatic heterocycles. The number of rotatable bonds is 7. The molecular formula is C18H23ClN4OS. The van der Waals surface area contributed by atoms with Crippen molar-refractivity contribution in [3.05, 3.63) is 35.9 Å². The third-order valence-corrected chi connectivity index (χ3v) is 6.46. The summed E-state index contributed by atoms with van der Waals surface area (Å²) in [5.41, 5.74) is 1.49. The molecule has 2 heterocycles. The van der Waals surface area contributed by atoms with Crippen molar-refractivity contribution in [2.75, 3.05) is 17.7 Å². The number of aromatic nitrogens is 3. The topological polar surface area (TPSA) is 51.0 Å². The van der Waals surface area contributed by atoms with E-state index in [-0.39, 0.29) is 10.7 Å². The minimum atomic E-state index is 0.106. The molecule has 0 unspecified atom stereocenters. The summed E-state index contributed by atoms with van der Waals surface area (Å²) in [5.74, 6) is 0.128. The fourth-order valence-electron chi connectivity index (χ4n) is 3.14.